The number of rotatable bonds is 4. The number of allylic oxidation sites excluding steroid dienone is 3. The first-order chi connectivity index (χ1) is 6.83. The molecular weight excluding hydrogens is 168 g/mol. The normalized spacial score (nSPS) is 12.3. The van der Waals surface area contributed by atoms with E-state index >= 15 is 0 Å². The molecule has 0 aliphatic heterocycles. The van der Waals surface area contributed by atoms with E-state index in [-0.39, 0.29) is 0 Å². The quantitative estimate of drug-likeness (QED) is 0.609. The van der Waals surface area contributed by atoms with Crippen LogP contribution in [0.2, 0.25) is 0 Å². The van der Waals surface area contributed by atoms with Crippen LogP contribution in [0, 0.1) is 0 Å². The molecule has 1 aromatic carbocycles. The molecule has 74 valence electrons. The highest BCUT2D eigenvalue weighted by molar-refractivity contribution is 5.49. The first kappa shape index (κ1) is 10.8. The van der Waals surface area contributed by atoms with Gasteiger partial charge in [0.1, 0.15) is 0 Å². The van der Waals surface area contributed by atoms with Crippen molar-refractivity contribution in [3.05, 3.63) is 53.6 Å². The highest BCUT2D eigenvalue weighted by Gasteiger charge is 1.85. The lowest BCUT2D eigenvalue weighted by Gasteiger charge is -1.94. The maximum Gasteiger partial charge on any atom is -0.0138 e. The summed E-state index contributed by atoms with van der Waals surface area (Å²) in [6, 6.07) is 10.4. The first-order valence-corrected chi connectivity index (χ1v) is 5.20. The molecule has 0 aliphatic carbocycles. The Labute approximate surface area is 87.0 Å². The molecule has 0 radical (unpaired) electrons. The van der Waals surface area contributed by atoms with Crippen LogP contribution in [-0.4, -0.2) is 0 Å². The third kappa shape index (κ3) is 4.08. The number of benzene rings is 1. The third-order valence-electron chi connectivity index (χ3n) is 2.10. The second-order valence-electron chi connectivity index (χ2n) is 3.48. The fourth-order valence-corrected chi connectivity index (χ4v) is 1.38. The van der Waals surface area contributed by atoms with Gasteiger partial charge in [-0.3, -0.25) is 0 Å². The van der Waals surface area contributed by atoms with Crippen LogP contribution in [0.25, 0.3) is 6.08 Å². The lowest BCUT2D eigenvalue weighted by atomic mass is 10.1. The Morgan fingerprint density at radius 3 is 2.57 bits per heavy atom. The van der Waals surface area contributed by atoms with Crippen molar-refractivity contribution in [3.8, 4) is 0 Å². The second-order valence-corrected chi connectivity index (χ2v) is 3.48. The largest absolute Gasteiger partial charge is 0.0856 e. The smallest absolute Gasteiger partial charge is 0.0138 e. The molecule has 0 spiro atoms. The van der Waals surface area contributed by atoms with Gasteiger partial charge in [0.2, 0.25) is 0 Å². The van der Waals surface area contributed by atoms with Crippen LogP contribution in [-0.2, 0) is 0 Å². The molecule has 0 N–H and O–H groups in total. The SMILES string of the molecule is CCC=C(C)CC=Cc1ccccc1. The van der Waals surface area contributed by atoms with E-state index in [1.807, 2.05) is 6.07 Å². The predicted molar refractivity (Wildman–Crippen MR) is 64.1 cm³/mol. The molecule has 0 saturated heterocycles. The van der Waals surface area contributed by atoms with E-state index in [9.17, 15) is 0 Å². The molecule has 0 nitrogen and oxygen atoms in total. The molecule has 0 fully saturated rings. The summed E-state index contributed by atoms with van der Waals surface area (Å²) in [5, 5.41) is 0. The highest BCUT2D eigenvalue weighted by atomic mass is 13.9. The van der Waals surface area contributed by atoms with Crippen LogP contribution in [0.15, 0.2) is 48.1 Å². The lowest BCUT2D eigenvalue weighted by molar-refractivity contribution is 1.12. The van der Waals surface area contributed by atoms with Crippen LogP contribution in [0.1, 0.15) is 32.3 Å². The van der Waals surface area contributed by atoms with Crippen LogP contribution in [0.4, 0.5) is 0 Å². The number of hydrogen-bond acceptors (Lipinski definition) is 0. The summed E-state index contributed by atoms with van der Waals surface area (Å²) in [5.41, 5.74) is 2.72. The number of hydrogen-bond donors (Lipinski definition) is 0. The topological polar surface area (TPSA) is 0 Å². The van der Waals surface area contributed by atoms with Gasteiger partial charge in [0, 0.05) is 0 Å². The van der Waals surface area contributed by atoms with E-state index in [4.69, 9.17) is 0 Å². The van der Waals surface area contributed by atoms with E-state index < -0.39 is 0 Å². The molecule has 0 saturated carbocycles. The van der Waals surface area contributed by atoms with Crippen LogP contribution < -0.4 is 0 Å². The van der Waals surface area contributed by atoms with Gasteiger partial charge >= 0.3 is 0 Å². The average Bonchev–Trinajstić information content (AvgIpc) is 2.20. The molecule has 14 heavy (non-hydrogen) atoms. The van der Waals surface area contributed by atoms with Crippen molar-refractivity contribution >= 4 is 6.08 Å². The van der Waals surface area contributed by atoms with E-state index in [0.29, 0.717) is 0 Å². The minimum Gasteiger partial charge on any atom is -0.0856 e. The van der Waals surface area contributed by atoms with Crippen molar-refractivity contribution in [3.63, 3.8) is 0 Å². The lowest BCUT2D eigenvalue weighted by Crippen LogP contribution is -1.73. The van der Waals surface area contributed by atoms with Crippen molar-refractivity contribution in [2.75, 3.05) is 0 Å². The summed E-state index contributed by atoms with van der Waals surface area (Å²) in [4.78, 5) is 0. The van der Waals surface area contributed by atoms with Gasteiger partial charge in [-0.1, -0.05) is 61.1 Å². The molecule has 0 bridgehead atoms. The minimum atomic E-state index is 1.06. The van der Waals surface area contributed by atoms with E-state index in [2.05, 4.69) is 56.3 Å². The molecule has 0 atom stereocenters. The zero-order valence-corrected chi connectivity index (χ0v) is 9.03. The standard InChI is InChI=1S/C14H18/c1-3-8-13(2)9-7-12-14-10-5-4-6-11-14/h4-8,10-12H,3,9H2,1-2H3. The third-order valence-corrected chi connectivity index (χ3v) is 2.10. The maximum atomic E-state index is 2.27. The molecule has 0 amide bonds. The van der Waals surface area contributed by atoms with Crippen molar-refractivity contribution < 1.29 is 0 Å². The van der Waals surface area contributed by atoms with E-state index in [0.717, 1.165) is 12.8 Å². The van der Waals surface area contributed by atoms with E-state index in [1.54, 1.807) is 0 Å². The molecule has 0 heterocycles. The Kier molecular flexibility index (Phi) is 4.77. The molecule has 1 rings (SSSR count). The Hall–Kier alpha value is -1.30. The summed E-state index contributed by atoms with van der Waals surface area (Å²) in [6.45, 7) is 4.35. The highest BCUT2D eigenvalue weighted by Crippen LogP contribution is 2.06. The van der Waals surface area contributed by atoms with Gasteiger partial charge in [0.05, 0.1) is 0 Å². The van der Waals surface area contributed by atoms with Crippen molar-refractivity contribution in [1.82, 2.24) is 0 Å². The van der Waals surface area contributed by atoms with Gasteiger partial charge in [0.15, 0.2) is 0 Å². The van der Waals surface area contributed by atoms with Gasteiger partial charge in [0.25, 0.3) is 0 Å². The Morgan fingerprint density at radius 2 is 1.93 bits per heavy atom. The minimum absolute atomic E-state index is 1.06. The fraction of sp³-hybridized carbons (Fsp3) is 0.286. The molecule has 0 aromatic heterocycles. The molecule has 1 aromatic rings. The summed E-state index contributed by atoms with van der Waals surface area (Å²) < 4.78 is 0. The van der Waals surface area contributed by atoms with Crippen LogP contribution in [0.3, 0.4) is 0 Å². The van der Waals surface area contributed by atoms with Crippen molar-refractivity contribution in [2.24, 2.45) is 0 Å². The predicted octanol–water partition coefficient (Wildman–Crippen LogP) is 4.45. The second kappa shape index (κ2) is 6.20. The maximum absolute atomic E-state index is 2.27. The van der Waals surface area contributed by atoms with Gasteiger partial charge in [-0.2, -0.15) is 0 Å². The van der Waals surface area contributed by atoms with Crippen LogP contribution >= 0.6 is 0 Å². The Balaban J connectivity index is 2.46. The van der Waals surface area contributed by atoms with Gasteiger partial charge in [-0.05, 0) is 25.3 Å². The summed E-state index contributed by atoms with van der Waals surface area (Å²) in [6.07, 6.45) is 8.85. The average molecular weight is 186 g/mol. The van der Waals surface area contributed by atoms with Gasteiger partial charge in [-0.25, -0.2) is 0 Å². The van der Waals surface area contributed by atoms with Crippen LogP contribution in [0.5, 0.6) is 0 Å². The summed E-state index contributed by atoms with van der Waals surface area (Å²) >= 11 is 0. The monoisotopic (exact) mass is 186 g/mol. The molecule has 0 aliphatic rings. The van der Waals surface area contributed by atoms with Gasteiger partial charge < -0.3 is 0 Å². The summed E-state index contributed by atoms with van der Waals surface area (Å²) in [5.74, 6) is 0. The Morgan fingerprint density at radius 1 is 1.21 bits per heavy atom. The first-order valence-electron chi connectivity index (χ1n) is 5.20. The summed E-state index contributed by atoms with van der Waals surface area (Å²) in [7, 11) is 0. The zero-order chi connectivity index (χ0) is 10.2. The van der Waals surface area contributed by atoms with Crippen molar-refractivity contribution in [2.45, 2.75) is 26.7 Å². The molecule has 0 heteroatoms. The fourth-order valence-electron chi connectivity index (χ4n) is 1.38. The molecular formula is C14H18. The molecule has 0 unspecified atom stereocenters. The van der Waals surface area contributed by atoms with Gasteiger partial charge in [-0.15, -0.1) is 0 Å². The van der Waals surface area contributed by atoms with Crippen molar-refractivity contribution in [1.29, 1.82) is 0 Å². The zero-order valence-electron chi connectivity index (χ0n) is 9.03. The Bertz CT molecular complexity index is 304. The van der Waals surface area contributed by atoms with E-state index in [1.165, 1.54) is 11.1 Å².